The molecule has 0 atom stereocenters. The van der Waals surface area contributed by atoms with Crippen LogP contribution in [0.25, 0.3) is 11.3 Å². The molecule has 3 rings (SSSR count). The molecule has 0 unspecified atom stereocenters. The zero-order valence-electron chi connectivity index (χ0n) is 15.6. The molecule has 2 aromatic carbocycles. The van der Waals surface area contributed by atoms with E-state index in [1.807, 2.05) is 62.5 Å². The molecule has 0 saturated carbocycles. The van der Waals surface area contributed by atoms with Gasteiger partial charge in [0.15, 0.2) is 0 Å². The Bertz CT molecular complexity index is 933. The number of hydrogen-bond acceptors (Lipinski definition) is 4. The monoisotopic (exact) mass is 364 g/mol. The van der Waals surface area contributed by atoms with Gasteiger partial charge >= 0.3 is 0 Å². The van der Waals surface area contributed by atoms with Gasteiger partial charge in [-0.15, -0.1) is 0 Å². The number of ether oxygens (including phenoxy) is 1. The van der Waals surface area contributed by atoms with Crippen molar-refractivity contribution in [3.63, 3.8) is 0 Å². The fraction of sp³-hybridized carbons (Fsp3) is 0.238. The van der Waals surface area contributed by atoms with Crippen LogP contribution in [-0.2, 0) is 18.3 Å². The first-order chi connectivity index (χ1) is 13.1. The molecule has 0 bridgehead atoms. The largest absolute Gasteiger partial charge is 0.492 e. The Kier molecular flexibility index (Phi) is 5.88. The lowest BCUT2D eigenvalue weighted by atomic mass is 10.1. The quantitative estimate of drug-likeness (QED) is 0.675. The Morgan fingerprint density at radius 1 is 1.22 bits per heavy atom. The molecule has 6 heteroatoms. The summed E-state index contributed by atoms with van der Waals surface area (Å²) in [4.78, 5) is 12.5. The van der Waals surface area contributed by atoms with Crippen LogP contribution < -0.4 is 15.8 Å². The van der Waals surface area contributed by atoms with Crippen LogP contribution in [0.1, 0.15) is 11.1 Å². The van der Waals surface area contributed by atoms with Crippen LogP contribution in [0.15, 0.2) is 54.7 Å². The molecule has 6 nitrogen and oxygen atoms in total. The van der Waals surface area contributed by atoms with Crippen molar-refractivity contribution in [2.45, 2.75) is 13.3 Å². The lowest BCUT2D eigenvalue weighted by Crippen LogP contribution is -2.15. The van der Waals surface area contributed by atoms with Gasteiger partial charge in [-0.05, 0) is 42.3 Å². The van der Waals surface area contributed by atoms with E-state index in [1.54, 1.807) is 10.9 Å². The van der Waals surface area contributed by atoms with Crippen molar-refractivity contribution in [3.8, 4) is 17.0 Å². The molecule has 1 heterocycles. The smallest absolute Gasteiger partial charge is 0.228 e. The maximum atomic E-state index is 12.5. The standard InChI is InChI=1S/C21H24N4O2/c1-15-5-3-4-6-16(15)13-21(26)24-17-7-8-20(27-12-10-22)18(14-17)19-9-11-23-25(19)2/h3-9,11,14H,10,12-13,22H2,1-2H3,(H,24,26). The molecule has 3 aromatic rings. The molecule has 140 valence electrons. The summed E-state index contributed by atoms with van der Waals surface area (Å²) in [5.41, 5.74) is 10.2. The van der Waals surface area contributed by atoms with Crippen LogP contribution in [0.4, 0.5) is 5.69 Å². The minimum absolute atomic E-state index is 0.0594. The molecule has 0 aliphatic heterocycles. The van der Waals surface area contributed by atoms with Crippen molar-refractivity contribution in [1.82, 2.24) is 9.78 Å². The van der Waals surface area contributed by atoms with Gasteiger partial charge in [-0.1, -0.05) is 24.3 Å². The summed E-state index contributed by atoms with van der Waals surface area (Å²) in [7, 11) is 1.87. The van der Waals surface area contributed by atoms with E-state index in [-0.39, 0.29) is 5.91 Å². The van der Waals surface area contributed by atoms with E-state index in [4.69, 9.17) is 10.5 Å². The molecule has 0 fully saturated rings. The van der Waals surface area contributed by atoms with E-state index in [0.717, 1.165) is 22.4 Å². The maximum absolute atomic E-state index is 12.5. The average molecular weight is 364 g/mol. The van der Waals surface area contributed by atoms with Gasteiger partial charge in [0.1, 0.15) is 12.4 Å². The van der Waals surface area contributed by atoms with Crippen molar-refractivity contribution in [3.05, 3.63) is 65.9 Å². The van der Waals surface area contributed by atoms with Gasteiger partial charge in [-0.2, -0.15) is 5.10 Å². The fourth-order valence-corrected chi connectivity index (χ4v) is 2.93. The predicted octanol–water partition coefficient (Wildman–Crippen LogP) is 2.91. The van der Waals surface area contributed by atoms with Gasteiger partial charge in [0.25, 0.3) is 0 Å². The number of nitrogens with zero attached hydrogens (tertiary/aromatic N) is 2. The Balaban J connectivity index is 1.83. The van der Waals surface area contributed by atoms with Crippen molar-refractivity contribution in [2.24, 2.45) is 12.8 Å². The second-order valence-electron chi connectivity index (χ2n) is 6.34. The molecule has 3 N–H and O–H groups in total. The van der Waals surface area contributed by atoms with E-state index in [1.165, 1.54) is 0 Å². The van der Waals surface area contributed by atoms with Gasteiger partial charge in [-0.3, -0.25) is 9.48 Å². The number of benzene rings is 2. The van der Waals surface area contributed by atoms with Crippen molar-refractivity contribution < 1.29 is 9.53 Å². The Morgan fingerprint density at radius 3 is 2.74 bits per heavy atom. The molecule has 0 radical (unpaired) electrons. The van der Waals surface area contributed by atoms with E-state index >= 15 is 0 Å². The van der Waals surface area contributed by atoms with Crippen LogP contribution in [0.2, 0.25) is 0 Å². The molecule has 0 saturated heterocycles. The molecule has 27 heavy (non-hydrogen) atoms. The van der Waals surface area contributed by atoms with Crippen LogP contribution in [0, 0.1) is 6.92 Å². The number of nitrogens with one attached hydrogen (secondary N) is 1. The summed E-state index contributed by atoms with van der Waals surface area (Å²) in [6.07, 6.45) is 2.06. The van der Waals surface area contributed by atoms with Crippen molar-refractivity contribution >= 4 is 11.6 Å². The van der Waals surface area contributed by atoms with Crippen LogP contribution in [0.5, 0.6) is 5.75 Å². The SMILES string of the molecule is Cc1ccccc1CC(=O)Nc1ccc(OCCN)c(-c2ccnn2C)c1. The van der Waals surface area contributed by atoms with Gasteiger partial charge < -0.3 is 15.8 Å². The predicted molar refractivity (Wildman–Crippen MR) is 107 cm³/mol. The van der Waals surface area contributed by atoms with E-state index in [0.29, 0.717) is 31.0 Å². The minimum atomic E-state index is -0.0594. The number of hydrogen-bond donors (Lipinski definition) is 2. The first-order valence-corrected chi connectivity index (χ1v) is 8.88. The highest BCUT2D eigenvalue weighted by Gasteiger charge is 2.13. The lowest BCUT2D eigenvalue weighted by molar-refractivity contribution is -0.115. The summed E-state index contributed by atoms with van der Waals surface area (Å²) in [6.45, 7) is 2.86. The highest BCUT2D eigenvalue weighted by Crippen LogP contribution is 2.32. The molecule has 1 amide bonds. The normalized spacial score (nSPS) is 10.6. The van der Waals surface area contributed by atoms with Crippen molar-refractivity contribution in [2.75, 3.05) is 18.5 Å². The van der Waals surface area contributed by atoms with Crippen molar-refractivity contribution in [1.29, 1.82) is 0 Å². The number of aryl methyl sites for hydroxylation is 2. The Labute approximate surface area is 159 Å². The number of aromatic nitrogens is 2. The molecular weight excluding hydrogens is 340 g/mol. The molecular formula is C21H24N4O2. The summed E-state index contributed by atoms with van der Waals surface area (Å²) in [5.74, 6) is 0.650. The third kappa shape index (κ3) is 4.54. The summed E-state index contributed by atoms with van der Waals surface area (Å²) < 4.78 is 7.53. The number of carbonyl (C=O) groups is 1. The van der Waals surface area contributed by atoms with Gasteiger partial charge in [0.2, 0.25) is 5.91 Å². The highest BCUT2D eigenvalue weighted by molar-refractivity contribution is 5.93. The summed E-state index contributed by atoms with van der Waals surface area (Å²) in [6, 6.07) is 15.4. The number of nitrogens with two attached hydrogens (primary N) is 1. The number of carbonyl (C=O) groups excluding carboxylic acids is 1. The lowest BCUT2D eigenvalue weighted by Gasteiger charge is -2.14. The number of anilines is 1. The average Bonchev–Trinajstić information content (AvgIpc) is 3.08. The number of amides is 1. The fourth-order valence-electron chi connectivity index (χ4n) is 2.93. The zero-order chi connectivity index (χ0) is 19.2. The van der Waals surface area contributed by atoms with Crippen LogP contribution in [0.3, 0.4) is 0 Å². The van der Waals surface area contributed by atoms with Gasteiger partial charge in [0.05, 0.1) is 12.1 Å². The maximum Gasteiger partial charge on any atom is 0.228 e. The van der Waals surface area contributed by atoms with Crippen LogP contribution >= 0.6 is 0 Å². The van der Waals surface area contributed by atoms with Crippen LogP contribution in [-0.4, -0.2) is 28.8 Å². The first kappa shape index (κ1) is 18.7. The second-order valence-corrected chi connectivity index (χ2v) is 6.34. The zero-order valence-corrected chi connectivity index (χ0v) is 15.6. The highest BCUT2D eigenvalue weighted by atomic mass is 16.5. The molecule has 0 aliphatic carbocycles. The molecule has 0 spiro atoms. The summed E-state index contributed by atoms with van der Waals surface area (Å²) in [5, 5.41) is 7.19. The summed E-state index contributed by atoms with van der Waals surface area (Å²) >= 11 is 0. The Morgan fingerprint density at radius 2 is 2.04 bits per heavy atom. The first-order valence-electron chi connectivity index (χ1n) is 8.88. The second kappa shape index (κ2) is 8.51. The van der Waals surface area contributed by atoms with Gasteiger partial charge in [-0.25, -0.2) is 0 Å². The Hall–Kier alpha value is -3.12. The topological polar surface area (TPSA) is 82.2 Å². The van der Waals surface area contributed by atoms with E-state index in [9.17, 15) is 4.79 Å². The third-order valence-electron chi connectivity index (χ3n) is 4.35. The van der Waals surface area contributed by atoms with Gasteiger partial charge in [0, 0.05) is 31.0 Å². The minimum Gasteiger partial charge on any atom is -0.492 e. The van der Waals surface area contributed by atoms with E-state index < -0.39 is 0 Å². The molecule has 0 aliphatic rings. The number of rotatable bonds is 7. The van der Waals surface area contributed by atoms with E-state index in [2.05, 4.69) is 10.4 Å². The molecule has 1 aromatic heterocycles. The third-order valence-corrected chi connectivity index (χ3v) is 4.35.